The number of hydrazine groups is 1. The average molecular weight is 356 g/mol. The van der Waals surface area contributed by atoms with E-state index in [9.17, 15) is 26.4 Å². The van der Waals surface area contributed by atoms with E-state index in [0.29, 0.717) is 10.8 Å². The fourth-order valence-corrected chi connectivity index (χ4v) is 3.55. The second kappa shape index (κ2) is 8.03. The minimum absolute atomic E-state index is 0.244. The zero-order chi connectivity index (χ0) is 17.6. The molecule has 0 bridgehead atoms. The van der Waals surface area contributed by atoms with Crippen molar-refractivity contribution in [2.24, 2.45) is 0 Å². The molecule has 0 saturated heterocycles. The van der Waals surface area contributed by atoms with Crippen molar-refractivity contribution >= 4 is 32.0 Å². The first-order valence-electron chi connectivity index (χ1n) is 5.71. The van der Waals surface area contributed by atoms with Gasteiger partial charge in [0.25, 0.3) is 0 Å². The highest BCUT2D eigenvalue weighted by molar-refractivity contribution is 7.94. The lowest BCUT2D eigenvalue weighted by Gasteiger charge is -2.30. The highest BCUT2D eigenvalue weighted by Gasteiger charge is 2.33. The second-order valence-corrected chi connectivity index (χ2v) is 7.37. The summed E-state index contributed by atoms with van der Waals surface area (Å²) in [6.45, 7) is 4.63. The molecule has 0 aliphatic heterocycles. The Balaban J connectivity index is 5.81. The number of carbonyl (C=O) groups is 2. The van der Waals surface area contributed by atoms with Crippen molar-refractivity contribution in [1.82, 2.24) is 8.83 Å². The zero-order valence-corrected chi connectivity index (χ0v) is 13.1. The Morgan fingerprint density at radius 3 is 1.27 bits per heavy atom. The van der Waals surface area contributed by atoms with Gasteiger partial charge in [0.1, 0.15) is 0 Å². The van der Waals surface area contributed by atoms with E-state index >= 15 is 0 Å². The van der Waals surface area contributed by atoms with E-state index in [2.05, 4.69) is 13.2 Å². The minimum Gasteiger partial charge on any atom is -0.481 e. The number of carboxylic acids is 2. The molecule has 0 aromatic rings. The van der Waals surface area contributed by atoms with Crippen molar-refractivity contribution in [3.63, 3.8) is 0 Å². The van der Waals surface area contributed by atoms with Crippen LogP contribution in [0.25, 0.3) is 0 Å². The van der Waals surface area contributed by atoms with Crippen molar-refractivity contribution in [2.45, 2.75) is 12.8 Å². The molecule has 0 aromatic heterocycles. The Bertz CT molecular complexity index is 594. The molecule has 10 nitrogen and oxygen atoms in total. The van der Waals surface area contributed by atoms with E-state index in [1.54, 1.807) is 0 Å². The summed E-state index contributed by atoms with van der Waals surface area (Å²) < 4.78 is 48.0. The smallest absolute Gasteiger partial charge is 0.304 e. The first-order chi connectivity index (χ1) is 9.97. The predicted octanol–water partition coefficient (Wildman–Crippen LogP) is -0.599. The molecule has 0 heterocycles. The van der Waals surface area contributed by atoms with E-state index in [1.165, 1.54) is 0 Å². The molecule has 0 aliphatic carbocycles. The van der Waals surface area contributed by atoms with Crippen molar-refractivity contribution in [2.75, 3.05) is 13.1 Å². The molecule has 0 aliphatic rings. The number of nitrogens with zero attached hydrogens (tertiary/aromatic N) is 2. The standard InChI is InChI=1S/C10H16N2O8S2/c1-3-21(17,18)11(7-5-9(13)14)12(8-6-10(15)16)22(19,20)4-2/h3-4H,1-2,5-8H2,(H,13,14)(H,15,16). The van der Waals surface area contributed by atoms with Crippen LogP contribution in [0.15, 0.2) is 24.0 Å². The van der Waals surface area contributed by atoms with Crippen LogP contribution >= 0.6 is 0 Å². The van der Waals surface area contributed by atoms with E-state index in [4.69, 9.17) is 10.2 Å². The van der Waals surface area contributed by atoms with Gasteiger partial charge in [0.05, 0.1) is 12.8 Å². The third-order valence-electron chi connectivity index (χ3n) is 2.29. The van der Waals surface area contributed by atoms with Gasteiger partial charge in [0.15, 0.2) is 0 Å². The van der Waals surface area contributed by atoms with Crippen LogP contribution in [-0.2, 0) is 29.6 Å². The lowest BCUT2D eigenvalue weighted by atomic mass is 10.4. The molecule has 126 valence electrons. The first kappa shape index (κ1) is 20.2. The summed E-state index contributed by atoms with van der Waals surface area (Å²) in [4.78, 5) is 21.2. The van der Waals surface area contributed by atoms with Gasteiger partial charge in [-0.3, -0.25) is 9.59 Å². The Morgan fingerprint density at radius 1 is 0.818 bits per heavy atom. The van der Waals surface area contributed by atoms with Gasteiger partial charge >= 0.3 is 11.9 Å². The summed E-state index contributed by atoms with van der Waals surface area (Å²) in [5.41, 5.74) is 0. The van der Waals surface area contributed by atoms with Gasteiger partial charge in [-0.1, -0.05) is 13.2 Å². The van der Waals surface area contributed by atoms with Crippen molar-refractivity contribution in [1.29, 1.82) is 0 Å². The number of rotatable bonds is 11. The van der Waals surface area contributed by atoms with Crippen LogP contribution in [0.4, 0.5) is 0 Å². The van der Waals surface area contributed by atoms with Crippen LogP contribution in [0.2, 0.25) is 0 Å². The highest BCUT2D eigenvalue weighted by Crippen LogP contribution is 2.15. The van der Waals surface area contributed by atoms with Gasteiger partial charge in [-0.05, 0) is 0 Å². The SMILES string of the molecule is C=CS(=O)(=O)N(CCC(=O)O)N(CCC(=O)O)S(=O)(=O)C=C. The Morgan fingerprint density at radius 2 is 1.09 bits per heavy atom. The van der Waals surface area contributed by atoms with E-state index in [-0.39, 0.29) is 8.83 Å². The van der Waals surface area contributed by atoms with E-state index in [1.807, 2.05) is 0 Å². The minimum atomic E-state index is -4.36. The molecule has 0 unspecified atom stereocenters. The van der Waals surface area contributed by atoms with Crippen LogP contribution in [0.5, 0.6) is 0 Å². The van der Waals surface area contributed by atoms with Crippen molar-refractivity contribution in [3.05, 3.63) is 24.0 Å². The summed E-state index contributed by atoms with van der Waals surface area (Å²) in [5, 5.41) is 18.1. The fraction of sp³-hybridized carbons (Fsp3) is 0.400. The molecule has 0 saturated carbocycles. The molecule has 2 N–H and O–H groups in total. The normalized spacial score (nSPS) is 12.3. The second-order valence-electron chi connectivity index (χ2n) is 3.80. The number of aliphatic carboxylic acids is 2. The van der Waals surface area contributed by atoms with Gasteiger partial charge in [0.2, 0.25) is 20.0 Å². The van der Waals surface area contributed by atoms with Gasteiger partial charge < -0.3 is 10.2 Å². The van der Waals surface area contributed by atoms with Gasteiger partial charge in [-0.15, -0.1) is 8.83 Å². The predicted molar refractivity (Wildman–Crippen MR) is 76.2 cm³/mol. The van der Waals surface area contributed by atoms with Crippen LogP contribution in [-0.4, -0.2) is 60.9 Å². The van der Waals surface area contributed by atoms with E-state index in [0.717, 1.165) is 0 Å². The van der Waals surface area contributed by atoms with E-state index < -0.39 is 57.9 Å². The third-order valence-corrected chi connectivity index (χ3v) is 5.17. The maximum atomic E-state index is 11.9. The summed E-state index contributed by atoms with van der Waals surface area (Å²) in [6, 6.07) is 0. The summed E-state index contributed by atoms with van der Waals surface area (Å²) in [6.07, 6.45) is -1.38. The van der Waals surface area contributed by atoms with Crippen LogP contribution in [0, 0.1) is 0 Å². The number of carboxylic acid groups (broad SMARTS) is 2. The summed E-state index contributed by atoms with van der Waals surface area (Å²) in [7, 11) is -8.71. The summed E-state index contributed by atoms with van der Waals surface area (Å²) in [5.74, 6) is -2.73. The summed E-state index contributed by atoms with van der Waals surface area (Å²) >= 11 is 0. The highest BCUT2D eigenvalue weighted by atomic mass is 32.2. The molecule has 0 atom stereocenters. The zero-order valence-electron chi connectivity index (χ0n) is 11.5. The molecule has 0 rings (SSSR count). The first-order valence-corrected chi connectivity index (χ1v) is 8.72. The average Bonchev–Trinajstić information content (AvgIpc) is 2.41. The van der Waals surface area contributed by atoms with Crippen LogP contribution < -0.4 is 0 Å². The molecule has 0 spiro atoms. The van der Waals surface area contributed by atoms with Crippen molar-refractivity contribution in [3.8, 4) is 0 Å². The maximum Gasteiger partial charge on any atom is 0.304 e. The Labute approximate surface area is 128 Å². The molecular weight excluding hydrogens is 340 g/mol. The Hall–Kier alpha value is -1.76. The lowest BCUT2D eigenvalue weighted by Crippen LogP contribution is -2.49. The molecule has 12 heteroatoms. The largest absolute Gasteiger partial charge is 0.481 e. The fourth-order valence-electron chi connectivity index (χ4n) is 1.29. The Kier molecular flexibility index (Phi) is 7.38. The molecule has 0 aromatic carbocycles. The monoisotopic (exact) mass is 356 g/mol. The number of sulfonamides is 2. The van der Waals surface area contributed by atoms with Gasteiger partial charge in [-0.2, -0.15) is 0 Å². The third kappa shape index (κ3) is 5.93. The molecule has 0 fully saturated rings. The molecule has 0 amide bonds. The van der Waals surface area contributed by atoms with Crippen LogP contribution in [0.3, 0.4) is 0 Å². The number of hydrogen-bond acceptors (Lipinski definition) is 6. The quantitative estimate of drug-likeness (QED) is 0.466. The topological polar surface area (TPSA) is 149 Å². The molecule has 0 radical (unpaired) electrons. The lowest BCUT2D eigenvalue weighted by molar-refractivity contribution is -0.139. The van der Waals surface area contributed by atoms with Crippen molar-refractivity contribution < 1.29 is 36.6 Å². The van der Waals surface area contributed by atoms with Gasteiger partial charge in [0, 0.05) is 23.9 Å². The van der Waals surface area contributed by atoms with Gasteiger partial charge in [-0.25, -0.2) is 16.8 Å². The molecular formula is C10H16N2O8S2. The maximum absolute atomic E-state index is 11.9. The van der Waals surface area contributed by atoms with Crippen LogP contribution in [0.1, 0.15) is 12.8 Å². The number of hydrogen-bond donors (Lipinski definition) is 2. The molecule has 22 heavy (non-hydrogen) atoms.